The molecule has 0 fully saturated rings. The summed E-state index contributed by atoms with van der Waals surface area (Å²) >= 11 is 0. The number of carbonyl (C=O) groups excluding carboxylic acids is 1. The van der Waals surface area contributed by atoms with E-state index in [-0.39, 0.29) is 5.91 Å². The van der Waals surface area contributed by atoms with Crippen molar-refractivity contribution in [2.24, 2.45) is 0 Å². The fraction of sp³-hybridized carbons (Fsp3) is 0.188. The average Bonchev–Trinajstić information content (AvgIpc) is 2.37. The van der Waals surface area contributed by atoms with E-state index in [1.54, 1.807) is 11.8 Å². The molecule has 0 atom stereocenters. The number of nitrogens with two attached hydrogens (primary N) is 1. The normalized spacial score (nSPS) is 10.2. The number of nitrogens with zero attached hydrogens (tertiary/aromatic N) is 1. The largest absolute Gasteiger partial charge is 0.399 e. The number of benzene rings is 2. The number of anilines is 2. The second kappa shape index (κ2) is 5.57. The van der Waals surface area contributed by atoms with Crippen molar-refractivity contribution in [1.82, 2.24) is 0 Å². The predicted molar refractivity (Wildman–Crippen MR) is 78.9 cm³/mol. The first-order valence-corrected chi connectivity index (χ1v) is 6.26. The first-order chi connectivity index (χ1) is 9.08. The Hall–Kier alpha value is -2.29. The van der Waals surface area contributed by atoms with Crippen LogP contribution in [-0.2, 0) is 11.3 Å². The van der Waals surface area contributed by atoms with E-state index < -0.39 is 0 Å². The van der Waals surface area contributed by atoms with Gasteiger partial charge in [-0.25, -0.2) is 0 Å². The molecule has 0 saturated heterocycles. The minimum Gasteiger partial charge on any atom is -0.399 e. The topological polar surface area (TPSA) is 46.3 Å². The number of amides is 1. The lowest BCUT2D eigenvalue weighted by molar-refractivity contribution is -0.116. The Labute approximate surface area is 113 Å². The number of carbonyl (C=O) groups is 1. The highest BCUT2D eigenvalue weighted by Crippen LogP contribution is 2.21. The van der Waals surface area contributed by atoms with Crippen LogP contribution < -0.4 is 10.6 Å². The van der Waals surface area contributed by atoms with Crippen LogP contribution in [0.1, 0.15) is 18.1 Å². The van der Waals surface area contributed by atoms with Crippen LogP contribution in [0.25, 0.3) is 0 Å². The van der Waals surface area contributed by atoms with Gasteiger partial charge in [-0.15, -0.1) is 0 Å². The third kappa shape index (κ3) is 3.13. The Balaban J connectivity index is 2.32. The molecule has 2 aromatic rings. The summed E-state index contributed by atoms with van der Waals surface area (Å²) in [6.07, 6.45) is 0. The van der Waals surface area contributed by atoms with E-state index in [0.717, 1.165) is 11.3 Å². The molecular weight excluding hydrogens is 236 g/mol. The number of nitrogen functional groups attached to an aromatic ring is 1. The molecule has 0 heterocycles. The quantitative estimate of drug-likeness (QED) is 0.855. The molecule has 0 aromatic heterocycles. The summed E-state index contributed by atoms with van der Waals surface area (Å²) in [7, 11) is 0. The summed E-state index contributed by atoms with van der Waals surface area (Å²) in [4.78, 5) is 13.6. The Morgan fingerprint density at radius 3 is 2.53 bits per heavy atom. The fourth-order valence-electron chi connectivity index (χ4n) is 2.03. The highest BCUT2D eigenvalue weighted by Gasteiger charge is 2.13. The molecule has 3 nitrogen and oxygen atoms in total. The smallest absolute Gasteiger partial charge is 0.224 e. The van der Waals surface area contributed by atoms with Gasteiger partial charge in [0.2, 0.25) is 5.91 Å². The van der Waals surface area contributed by atoms with Gasteiger partial charge in [-0.2, -0.15) is 0 Å². The second-order valence-corrected chi connectivity index (χ2v) is 4.63. The molecule has 0 unspecified atom stereocenters. The lowest BCUT2D eigenvalue weighted by Crippen LogP contribution is -2.28. The van der Waals surface area contributed by atoms with Gasteiger partial charge < -0.3 is 10.6 Å². The molecule has 0 aliphatic carbocycles. The van der Waals surface area contributed by atoms with Crippen molar-refractivity contribution in [3.05, 3.63) is 59.7 Å². The third-order valence-corrected chi connectivity index (χ3v) is 3.15. The van der Waals surface area contributed by atoms with Crippen LogP contribution in [0.4, 0.5) is 11.4 Å². The van der Waals surface area contributed by atoms with Gasteiger partial charge >= 0.3 is 0 Å². The minimum atomic E-state index is 0.00820. The summed E-state index contributed by atoms with van der Waals surface area (Å²) in [6, 6.07) is 15.5. The maximum absolute atomic E-state index is 11.9. The third-order valence-electron chi connectivity index (χ3n) is 3.15. The van der Waals surface area contributed by atoms with Crippen molar-refractivity contribution < 1.29 is 4.79 Å². The van der Waals surface area contributed by atoms with Crippen LogP contribution in [0.2, 0.25) is 0 Å². The van der Waals surface area contributed by atoms with Crippen LogP contribution in [0.5, 0.6) is 0 Å². The van der Waals surface area contributed by atoms with E-state index >= 15 is 0 Å². The molecule has 2 N–H and O–H groups in total. The molecule has 0 aliphatic heterocycles. The van der Waals surface area contributed by atoms with Gasteiger partial charge in [0.1, 0.15) is 0 Å². The number of aryl methyl sites for hydroxylation is 1. The van der Waals surface area contributed by atoms with Crippen molar-refractivity contribution in [2.75, 3.05) is 10.6 Å². The maximum Gasteiger partial charge on any atom is 0.224 e. The van der Waals surface area contributed by atoms with Crippen LogP contribution in [0.15, 0.2) is 48.5 Å². The molecule has 0 bridgehead atoms. The van der Waals surface area contributed by atoms with Crippen molar-refractivity contribution >= 4 is 17.3 Å². The van der Waals surface area contributed by atoms with E-state index in [1.807, 2.05) is 55.5 Å². The lowest BCUT2D eigenvalue weighted by atomic mass is 10.1. The zero-order valence-electron chi connectivity index (χ0n) is 11.3. The van der Waals surface area contributed by atoms with Crippen LogP contribution in [0, 0.1) is 6.92 Å². The number of hydrogen-bond donors (Lipinski definition) is 1. The van der Waals surface area contributed by atoms with Gasteiger partial charge in [-0.05, 0) is 36.2 Å². The van der Waals surface area contributed by atoms with Crippen LogP contribution in [-0.4, -0.2) is 5.91 Å². The van der Waals surface area contributed by atoms with Crippen molar-refractivity contribution in [2.45, 2.75) is 20.4 Å². The predicted octanol–water partition coefficient (Wildman–Crippen LogP) is 3.13. The molecule has 19 heavy (non-hydrogen) atoms. The van der Waals surface area contributed by atoms with Gasteiger partial charge in [0, 0.05) is 18.3 Å². The SMILES string of the molecule is CC(=O)N(Cc1ccccc1C)c1cccc(N)c1. The van der Waals surface area contributed by atoms with E-state index in [2.05, 4.69) is 0 Å². The zero-order valence-corrected chi connectivity index (χ0v) is 11.3. The summed E-state index contributed by atoms with van der Waals surface area (Å²) in [6.45, 7) is 4.18. The van der Waals surface area contributed by atoms with Gasteiger partial charge in [0.05, 0.1) is 6.54 Å². The number of hydrogen-bond acceptors (Lipinski definition) is 2. The molecule has 2 aromatic carbocycles. The van der Waals surface area contributed by atoms with Gasteiger partial charge in [-0.3, -0.25) is 4.79 Å². The van der Waals surface area contributed by atoms with Crippen LogP contribution in [0.3, 0.4) is 0 Å². The number of rotatable bonds is 3. The summed E-state index contributed by atoms with van der Waals surface area (Å²) < 4.78 is 0. The molecule has 0 aliphatic rings. The summed E-state index contributed by atoms with van der Waals surface area (Å²) in [5.74, 6) is 0.00820. The molecule has 0 spiro atoms. The molecule has 0 radical (unpaired) electrons. The molecule has 98 valence electrons. The highest BCUT2D eigenvalue weighted by atomic mass is 16.2. The van der Waals surface area contributed by atoms with Crippen molar-refractivity contribution in [3.8, 4) is 0 Å². The molecule has 3 heteroatoms. The zero-order chi connectivity index (χ0) is 13.8. The molecular formula is C16H18N2O. The second-order valence-electron chi connectivity index (χ2n) is 4.63. The first-order valence-electron chi connectivity index (χ1n) is 6.26. The highest BCUT2D eigenvalue weighted by molar-refractivity contribution is 5.91. The Kier molecular flexibility index (Phi) is 3.85. The Bertz CT molecular complexity index is 593. The fourth-order valence-corrected chi connectivity index (χ4v) is 2.03. The summed E-state index contributed by atoms with van der Waals surface area (Å²) in [5, 5.41) is 0. The Morgan fingerprint density at radius 1 is 1.16 bits per heavy atom. The van der Waals surface area contributed by atoms with Gasteiger partial charge in [0.15, 0.2) is 0 Å². The lowest BCUT2D eigenvalue weighted by Gasteiger charge is -2.22. The van der Waals surface area contributed by atoms with Crippen molar-refractivity contribution in [3.63, 3.8) is 0 Å². The van der Waals surface area contributed by atoms with E-state index in [0.29, 0.717) is 12.2 Å². The van der Waals surface area contributed by atoms with Gasteiger partial charge in [-0.1, -0.05) is 30.3 Å². The monoisotopic (exact) mass is 254 g/mol. The van der Waals surface area contributed by atoms with E-state index in [9.17, 15) is 4.79 Å². The van der Waals surface area contributed by atoms with E-state index in [4.69, 9.17) is 5.73 Å². The Morgan fingerprint density at radius 2 is 1.89 bits per heavy atom. The standard InChI is InChI=1S/C16H18N2O/c1-12-6-3-4-7-14(12)11-18(13(2)19)16-9-5-8-15(17)10-16/h3-10H,11,17H2,1-2H3. The first kappa shape index (κ1) is 13.1. The minimum absolute atomic E-state index is 0.00820. The maximum atomic E-state index is 11.9. The molecule has 1 amide bonds. The van der Waals surface area contributed by atoms with E-state index in [1.165, 1.54) is 5.56 Å². The molecule has 2 rings (SSSR count). The van der Waals surface area contributed by atoms with Gasteiger partial charge in [0.25, 0.3) is 0 Å². The van der Waals surface area contributed by atoms with Crippen LogP contribution >= 0.6 is 0 Å². The average molecular weight is 254 g/mol. The molecule has 0 saturated carbocycles. The van der Waals surface area contributed by atoms with Crippen molar-refractivity contribution in [1.29, 1.82) is 0 Å². The summed E-state index contributed by atoms with van der Waals surface area (Å²) in [5.41, 5.74) is 9.59.